The zero-order valence-electron chi connectivity index (χ0n) is 17.4. The fourth-order valence-corrected chi connectivity index (χ4v) is 4.38. The summed E-state index contributed by atoms with van der Waals surface area (Å²) in [6.45, 7) is 3.52. The van der Waals surface area contributed by atoms with Crippen LogP contribution in [0.25, 0.3) is 21.9 Å². The van der Waals surface area contributed by atoms with Crippen molar-refractivity contribution in [3.8, 4) is 16.9 Å². The quantitative estimate of drug-likeness (QED) is 0.317. The molecular formula is C24H19N5O2S. The molecule has 0 aliphatic rings. The van der Waals surface area contributed by atoms with Crippen LogP contribution in [0.3, 0.4) is 0 Å². The van der Waals surface area contributed by atoms with Gasteiger partial charge in [-0.15, -0.1) is 11.3 Å². The Bertz CT molecular complexity index is 1420. The van der Waals surface area contributed by atoms with E-state index in [9.17, 15) is 9.59 Å². The molecule has 8 heteroatoms. The summed E-state index contributed by atoms with van der Waals surface area (Å²) in [5.41, 5.74) is 4.62. The maximum atomic E-state index is 12.9. The van der Waals surface area contributed by atoms with Gasteiger partial charge in [0, 0.05) is 29.0 Å². The van der Waals surface area contributed by atoms with E-state index in [1.165, 1.54) is 0 Å². The number of anilines is 1. The maximum absolute atomic E-state index is 12.9. The van der Waals surface area contributed by atoms with Crippen molar-refractivity contribution in [2.75, 3.05) is 5.32 Å². The number of hydrogen-bond acceptors (Lipinski definition) is 5. The molecule has 0 saturated carbocycles. The number of nitrogens with zero attached hydrogens (tertiary/aromatic N) is 4. The summed E-state index contributed by atoms with van der Waals surface area (Å²) >= 11 is 1.57. The number of thiazole rings is 1. The number of benzene rings is 2. The Morgan fingerprint density at radius 1 is 1.00 bits per heavy atom. The molecule has 0 radical (unpaired) electrons. The number of carbonyl (C=O) groups excluding carboxylic acids is 2. The molecule has 1 N–H and O–H groups in total. The third kappa shape index (κ3) is 3.50. The average molecular weight is 442 g/mol. The van der Waals surface area contributed by atoms with Gasteiger partial charge in [-0.3, -0.25) is 14.0 Å². The van der Waals surface area contributed by atoms with Crippen molar-refractivity contribution in [2.24, 2.45) is 0 Å². The number of ketones is 1. The smallest absolute Gasteiger partial charge is 0.296 e. The molecule has 5 aromatic rings. The molecule has 0 aliphatic carbocycles. The van der Waals surface area contributed by atoms with E-state index in [1.807, 2.05) is 64.6 Å². The number of amides is 1. The molecule has 5 rings (SSSR count). The molecule has 32 heavy (non-hydrogen) atoms. The highest BCUT2D eigenvalue weighted by molar-refractivity contribution is 7.15. The number of carbonyl (C=O) groups is 2. The topological polar surface area (TPSA) is 81.3 Å². The zero-order chi connectivity index (χ0) is 22.2. The highest BCUT2D eigenvalue weighted by Crippen LogP contribution is 2.24. The molecule has 158 valence electrons. The molecule has 0 bridgehead atoms. The van der Waals surface area contributed by atoms with Crippen LogP contribution in [0, 0.1) is 13.8 Å². The zero-order valence-corrected chi connectivity index (χ0v) is 18.3. The standard InChI is InChI=1S/C24H19N5O2S/c1-15-21(16(2)29(27-15)19-6-4-3-5-7-19)22(30)23(31)25-18-10-8-17(9-11-18)20-14-28-12-13-32-24(28)26-20/h3-14H,1-2H3,(H,25,31). The second-order valence-corrected chi connectivity index (χ2v) is 8.25. The molecule has 0 aliphatic heterocycles. The average Bonchev–Trinajstić information content (AvgIpc) is 3.48. The van der Waals surface area contributed by atoms with Crippen LogP contribution in [-0.2, 0) is 4.79 Å². The fourth-order valence-electron chi connectivity index (χ4n) is 3.68. The third-order valence-corrected chi connectivity index (χ3v) is 6.03. The van der Waals surface area contributed by atoms with Gasteiger partial charge in [-0.05, 0) is 38.1 Å². The summed E-state index contributed by atoms with van der Waals surface area (Å²) in [4.78, 5) is 31.1. The van der Waals surface area contributed by atoms with Crippen LogP contribution in [-0.4, -0.2) is 30.9 Å². The van der Waals surface area contributed by atoms with E-state index in [4.69, 9.17) is 0 Å². The summed E-state index contributed by atoms with van der Waals surface area (Å²) < 4.78 is 3.65. The van der Waals surface area contributed by atoms with Crippen LogP contribution in [0.15, 0.2) is 72.4 Å². The van der Waals surface area contributed by atoms with Gasteiger partial charge in [0.2, 0.25) is 0 Å². The highest BCUT2D eigenvalue weighted by atomic mass is 32.1. The monoisotopic (exact) mass is 441 g/mol. The number of imidazole rings is 1. The van der Waals surface area contributed by atoms with Crippen molar-refractivity contribution in [1.29, 1.82) is 0 Å². The minimum Gasteiger partial charge on any atom is -0.319 e. The number of aryl methyl sites for hydroxylation is 1. The van der Waals surface area contributed by atoms with Gasteiger partial charge in [0.25, 0.3) is 11.7 Å². The number of para-hydroxylation sites is 1. The van der Waals surface area contributed by atoms with Crippen molar-refractivity contribution < 1.29 is 9.59 Å². The van der Waals surface area contributed by atoms with E-state index in [2.05, 4.69) is 15.4 Å². The van der Waals surface area contributed by atoms with Gasteiger partial charge in [-0.25, -0.2) is 9.67 Å². The Labute approximate surface area is 188 Å². The number of Topliss-reactive ketones (excluding diaryl/α,β-unsaturated/α-hetero) is 1. The van der Waals surface area contributed by atoms with Crippen molar-refractivity contribution in [3.63, 3.8) is 0 Å². The van der Waals surface area contributed by atoms with Crippen LogP contribution in [0.1, 0.15) is 21.7 Å². The van der Waals surface area contributed by atoms with E-state index < -0.39 is 11.7 Å². The number of hydrogen-bond donors (Lipinski definition) is 1. The van der Waals surface area contributed by atoms with Crippen LogP contribution in [0.2, 0.25) is 0 Å². The van der Waals surface area contributed by atoms with E-state index in [-0.39, 0.29) is 0 Å². The molecular weight excluding hydrogens is 422 g/mol. The first-order valence-corrected chi connectivity index (χ1v) is 10.9. The van der Waals surface area contributed by atoms with E-state index in [0.29, 0.717) is 22.6 Å². The Morgan fingerprint density at radius 2 is 1.75 bits per heavy atom. The van der Waals surface area contributed by atoms with E-state index >= 15 is 0 Å². The number of nitrogens with one attached hydrogen (secondary N) is 1. The largest absolute Gasteiger partial charge is 0.319 e. The molecule has 0 fully saturated rings. The summed E-state index contributed by atoms with van der Waals surface area (Å²) in [7, 11) is 0. The number of fused-ring (bicyclic) bond motifs is 1. The molecule has 1 amide bonds. The van der Waals surface area contributed by atoms with Crippen LogP contribution in [0.5, 0.6) is 0 Å². The Hall–Kier alpha value is -4.04. The maximum Gasteiger partial charge on any atom is 0.296 e. The molecule has 2 aromatic carbocycles. The van der Waals surface area contributed by atoms with Gasteiger partial charge in [0.05, 0.1) is 28.3 Å². The molecule has 0 saturated heterocycles. The molecule has 0 atom stereocenters. The second-order valence-electron chi connectivity index (χ2n) is 7.37. The van der Waals surface area contributed by atoms with Crippen molar-refractivity contribution >= 4 is 33.7 Å². The fraction of sp³-hybridized carbons (Fsp3) is 0.0833. The SMILES string of the molecule is Cc1nn(-c2ccccc2)c(C)c1C(=O)C(=O)Nc1ccc(-c2cn3ccsc3n2)cc1. The number of rotatable bonds is 5. The molecule has 3 heterocycles. The Morgan fingerprint density at radius 3 is 2.47 bits per heavy atom. The molecule has 7 nitrogen and oxygen atoms in total. The predicted molar refractivity (Wildman–Crippen MR) is 125 cm³/mol. The van der Waals surface area contributed by atoms with Crippen LogP contribution < -0.4 is 5.32 Å². The van der Waals surface area contributed by atoms with Gasteiger partial charge < -0.3 is 5.32 Å². The lowest BCUT2D eigenvalue weighted by Gasteiger charge is -2.07. The minimum atomic E-state index is -0.695. The van der Waals surface area contributed by atoms with Gasteiger partial charge in [-0.2, -0.15) is 5.10 Å². The third-order valence-electron chi connectivity index (χ3n) is 5.26. The normalized spacial score (nSPS) is 11.1. The van der Waals surface area contributed by atoms with Crippen molar-refractivity contribution in [2.45, 2.75) is 13.8 Å². The van der Waals surface area contributed by atoms with Crippen LogP contribution in [0.4, 0.5) is 5.69 Å². The highest BCUT2D eigenvalue weighted by Gasteiger charge is 2.25. The predicted octanol–water partition coefficient (Wildman–Crippen LogP) is 4.69. The first-order valence-electron chi connectivity index (χ1n) is 10.0. The number of aromatic nitrogens is 4. The van der Waals surface area contributed by atoms with Gasteiger partial charge in [-0.1, -0.05) is 30.3 Å². The van der Waals surface area contributed by atoms with Crippen LogP contribution >= 0.6 is 11.3 Å². The minimum absolute atomic E-state index is 0.320. The molecule has 3 aromatic heterocycles. The first-order chi connectivity index (χ1) is 15.5. The lowest BCUT2D eigenvalue weighted by atomic mass is 10.1. The first kappa shape index (κ1) is 19.9. The summed E-state index contributed by atoms with van der Waals surface area (Å²) in [5.74, 6) is -1.31. The lowest BCUT2D eigenvalue weighted by molar-refractivity contribution is -0.112. The second kappa shape index (κ2) is 7.90. The summed E-state index contributed by atoms with van der Waals surface area (Å²) in [6, 6.07) is 16.8. The van der Waals surface area contributed by atoms with Gasteiger partial charge in [0.15, 0.2) is 4.96 Å². The van der Waals surface area contributed by atoms with Crippen molar-refractivity contribution in [1.82, 2.24) is 19.2 Å². The van der Waals surface area contributed by atoms with Crippen molar-refractivity contribution in [3.05, 3.63) is 89.3 Å². The Balaban J connectivity index is 1.34. The van der Waals surface area contributed by atoms with E-state index in [0.717, 1.165) is 21.9 Å². The van der Waals surface area contributed by atoms with Gasteiger partial charge >= 0.3 is 0 Å². The molecule has 0 unspecified atom stereocenters. The van der Waals surface area contributed by atoms with E-state index in [1.54, 1.807) is 42.0 Å². The summed E-state index contributed by atoms with van der Waals surface area (Å²) in [6.07, 6.45) is 3.92. The lowest BCUT2D eigenvalue weighted by Crippen LogP contribution is -2.24. The Kier molecular flexibility index (Phi) is 4.91. The molecule has 0 spiro atoms. The summed E-state index contributed by atoms with van der Waals surface area (Å²) in [5, 5.41) is 9.13. The van der Waals surface area contributed by atoms with Gasteiger partial charge in [0.1, 0.15) is 0 Å².